The summed E-state index contributed by atoms with van der Waals surface area (Å²) in [7, 11) is 0.636. The zero-order valence-corrected chi connectivity index (χ0v) is 16.0. The van der Waals surface area contributed by atoms with Gasteiger partial charge in [-0.05, 0) is 0 Å². The SMILES string of the molecule is CO[Si](OC)(O[Si](OC)(OC)C(C)(C)C)C(C)(C)C. The third kappa shape index (κ3) is 3.66. The van der Waals surface area contributed by atoms with E-state index >= 15 is 0 Å². The molecule has 0 N–H and O–H groups in total. The first-order valence-electron chi connectivity index (χ1n) is 6.36. The summed E-state index contributed by atoms with van der Waals surface area (Å²) in [5.41, 5.74) is 0. The zero-order chi connectivity index (χ0) is 15.5. The van der Waals surface area contributed by atoms with Gasteiger partial charge in [0.1, 0.15) is 0 Å². The molecule has 0 aliphatic carbocycles. The highest BCUT2D eigenvalue weighted by Crippen LogP contribution is 2.45. The van der Waals surface area contributed by atoms with E-state index in [4.69, 9.17) is 21.8 Å². The Balaban J connectivity index is 5.66. The summed E-state index contributed by atoms with van der Waals surface area (Å²) in [4.78, 5) is 0. The maximum absolute atomic E-state index is 6.34. The van der Waals surface area contributed by atoms with Crippen molar-refractivity contribution in [3.8, 4) is 0 Å². The third-order valence-corrected chi connectivity index (χ3v) is 11.2. The van der Waals surface area contributed by atoms with E-state index in [2.05, 4.69) is 0 Å². The minimum absolute atomic E-state index is 0.267. The molecule has 0 aromatic carbocycles. The van der Waals surface area contributed by atoms with Gasteiger partial charge in [-0.25, -0.2) is 0 Å². The molecule has 0 unspecified atom stereocenters. The summed E-state index contributed by atoms with van der Waals surface area (Å²) in [6.45, 7) is 12.2. The van der Waals surface area contributed by atoms with Crippen LogP contribution in [0.4, 0.5) is 0 Å². The van der Waals surface area contributed by atoms with E-state index in [-0.39, 0.29) is 10.1 Å². The number of hydrogen-bond acceptors (Lipinski definition) is 5. The summed E-state index contributed by atoms with van der Waals surface area (Å²) >= 11 is 0. The zero-order valence-electron chi connectivity index (χ0n) is 14.0. The first kappa shape index (κ1) is 19.2. The lowest BCUT2D eigenvalue weighted by atomic mass is 10.3. The van der Waals surface area contributed by atoms with Gasteiger partial charge in [0.2, 0.25) is 0 Å². The van der Waals surface area contributed by atoms with Crippen LogP contribution in [0.5, 0.6) is 0 Å². The Hall–Kier alpha value is 0.234. The van der Waals surface area contributed by atoms with Crippen molar-refractivity contribution in [3.05, 3.63) is 0 Å². The van der Waals surface area contributed by atoms with Crippen LogP contribution >= 0.6 is 0 Å². The second-order valence-electron chi connectivity index (χ2n) is 6.53. The van der Waals surface area contributed by atoms with Gasteiger partial charge in [-0.1, -0.05) is 41.5 Å². The van der Waals surface area contributed by atoms with E-state index in [1.54, 1.807) is 28.4 Å². The molecule has 0 fully saturated rings. The molecule has 0 spiro atoms. The van der Waals surface area contributed by atoms with Gasteiger partial charge < -0.3 is 21.8 Å². The van der Waals surface area contributed by atoms with E-state index in [1.807, 2.05) is 41.5 Å². The van der Waals surface area contributed by atoms with Crippen LogP contribution in [0.2, 0.25) is 10.1 Å². The van der Waals surface area contributed by atoms with Crippen LogP contribution in [0.25, 0.3) is 0 Å². The second kappa shape index (κ2) is 6.34. The smallest absolute Gasteiger partial charge is 0.377 e. The van der Waals surface area contributed by atoms with Crippen molar-refractivity contribution in [1.82, 2.24) is 0 Å². The molecular weight excluding hydrogens is 280 g/mol. The Labute approximate surface area is 120 Å². The molecule has 0 aromatic heterocycles. The molecule has 0 aromatic rings. The lowest BCUT2D eigenvalue weighted by molar-refractivity contribution is 0.0583. The predicted octanol–water partition coefficient (Wildman–Crippen LogP) is 3.07. The van der Waals surface area contributed by atoms with Crippen molar-refractivity contribution in [2.24, 2.45) is 0 Å². The second-order valence-corrected chi connectivity index (χ2v) is 14.2. The summed E-state index contributed by atoms with van der Waals surface area (Å²) in [5, 5.41) is -0.534. The molecule has 0 aliphatic heterocycles. The van der Waals surface area contributed by atoms with Crippen LogP contribution in [-0.4, -0.2) is 46.0 Å². The molecule has 116 valence electrons. The molecule has 19 heavy (non-hydrogen) atoms. The van der Waals surface area contributed by atoms with Crippen LogP contribution in [0.1, 0.15) is 41.5 Å². The summed E-state index contributed by atoms with van der Waals surface area (Å²) in [6.07, 6.45) is 0. The molecule has 0 bridgehead atoms. The monoisotopic (exact) mass is 310 g/mol. The molecule has 0 atom stereocenters. The Morgan fingerprint density at radius 3 is 0.842 bits per heavy atom. The van der Waals surface area contributed by atoms with E-state index in [0.29, 0.717) is 0 Å². The van der Waals surface area contributed by atoms with Gasteiger partial charge in [-0.2, -0.15) is 0 Å². The number of rotatable bonds is 6. The van der Waals surface area contributed by atoms with Crippen LogP contribution < -0.4 is 0 Å². The highest BCUT2D eigenvalue weighted by atomic mass is 28.5. The molecule has 5 nitrogen and oxygen atoms in total. The Morgan fingerprint density at radius 2 is 0.737 bits per heavy atom. The molecule has 0 radical (unpaired) electrons. The molecule has 0 rings (SSSR count). The molecule has 0 aliphatic rings. The van der Waals surface area contributed by atoms with Gasteiger partial charge in [-0.15, -0.1) is 0 Å². The minimum atomic E-state index is -2.92. The molecular formula is C12H30O5Si2. The average Bonchev–Trinajstić information content (AvgIpc) is 2.28. The lowest BCUT2D eigenvalue weighted by Gasteiger charge is -2.46. The fraction of sp³-hybridized carbons (Fsp3) is 1.00. The largest absolute Gasteiger partial charge is 0.498 e. The molecule has 0 saturated carbocycles. The Bertz CT molecular complexity index is 247. The Morgan fingerprint density at radius 1 is 0.526 bits per heavy atom. The fourth-order valence-corrected chi connectivity index (χ4v) is 10.0. The fourth-order valence-electron chi connectivity index (χ4n) is 2.04. The summed E-state index contributed by atoms with van der Waals surface area (Å²) in [6, 6.07) is 0. The van der Waals surface area contributed by atoms with E-state index in [9.17, 15) is 0 Å². The maximum atomic E-state index is 6.34. The number of hydrogen-bond donors (Lipinski definition) is 0. The normalized spacial score (nSPS) is 14.8. The van der Waals surface area contributed by atoms with Crippen LogP contribution in [-0.2, 0) is 21.8 Å². The standard InChI is InChI=1S/C12H30O5Si2/c1-11(2,3)18(13-7,14-8)17-19(15-9,16-10)12(4,5)6/h1-10H3. The summed E-state index contributed by atoms with van der Waals surface area (Å²) < 4.78 is 29.0. The van der Waals surface area contributed by atoms with Gasteiger partial charge in [0.05, 0.1) is 0 Å². The van der Waals surface area contributed by atoms with Gasteiger partial charge >= 0.3 is 17.6 Å². The lowest BCUT2D eigenvalue weighted by Crippen LogP contribution is -2.64. The van der Waals surface area contributed by atoms with Crippen molar-refractivity contribution < 1.29 is 21.8 Å². The average molecular weight is 311 g/mol. The first-order valence-corrected chi connectivity index (χ1v) is 9.81. The van der Waals surface area contributed by atoms with Crippen molar-refractivity contribution >= 4 is 17.6 Å². The summed E-state index contributed by atoms with van der Waals surface area (Å²) in [5.74, 6) is 0. The first-order chi connectivity index (χ1) is 8.45. The predicted molar refractivity (Wildman–Crippen MR) is 80.1 cm³/mol. The Kier molecular flexibility index (Phi) is 6.41. The van der Waals surface area contributed by atoms with E-state index in [0.717, 1.165) is 0 Å². The van der Waals surface area contributed by atoms with E-state index in [1.165, 1.54) is 0 Å². The van der Waals surface area contributed by atoms with Crippen LogP contribution in [0, 0.1) is 0 Å². The van der Waals surface area contributed by atoms with Gasteiger partial charge in [0, 0.05) is 38.5 Å². The van der Waals surface area contributed by atoms with E-state index < -0.39 is 17.6 Å². The van der Waals surface area contributed by atoms with Crippen molar-refractivity contribution in [1.29, 1.82) is 0 Å². The maximum Gasteiger partial charge on any atom is 0.498 e. The molecule has 0 saturated heterocycles. The van der Waals surface area contributed by atoms with Gasteiger partial charge in [0.15, 0.2) is 0 Å². The highest BCUT2D eigenvalue weighted by Gasteiger charge is 2.63. The topological polar surface area (TPSA) is 46.2 Å². The van der Waals surface area contributed by atoms with Crippen LogP contribution in [0.3, 0.4) is 0 Å². The molecule has 7 heteroatoms. The van der Waals surface area contributed by atoms with Crippen LogP contribution in [0.15, 0.2) is 0 Å². The quantitative estimate of drug-likeness (QED) is 0.706. The highest BCUT2D eigenvalue weighted by molar-refractivity contribution is 6.77. The van der Waals surface area contributed by atoms with Crippen molar-refractivity contribution in [3.63, 3.8) is 0 Å². The molecule has 0 amide bonds. The third-order valence-electron chi connectivity index (χ3n) is 3.18. The molecule has 0 heterocycles. The van der Waals surface area contributed by atoms with Crippen molar-refractivity contribution in [2.75, 3.05) is 28.4 Å². The minimum Gasteiger partial charge on any atom is -0.377 e. The van der Waals surface area contributed by atoms with Gasteiger partial charge in [-0.3, -0.25) is 0 Å². The van der Waals surface area contributed by atoms with Crippen molar-refractivity contribution in [2.45, 2.75) is 51.6 Å². The van der Waals surface area contributed by atoms with Gasteiger partial charge in [0.25, 0.3) is 0 Å².